The van der Waals surface area contributed by atoms with Crippen LogP contribution in [0.2, 0.25) is 0 Å². The van der Waals surface area contributed by atoms with E-state index in [4.69, 9.17) is 19.7 Å². The van der Waals surface area contributed by atoms with Crippen LogP contribution in [0.1, 0.15) is 43.9 Å². The summed E-state index contributed by atoms with van der Waals surface area (Å²) in [5.41, 5.74) is 1.94. The Morgan fingerprint density at radius 2 is 1.88 bits per heavy atom. The van der Waals surface area contributed by atoms with Crippen LogP contribution < -0.4 is 10.1 Å². The zero-order valence-electron chi connectivity index (χ0n) is 18.7. The molecule has 3 N–H and O–H groups in total. The predicted molar refractivity (Wildman–Crippen MR) is 123 cm³/mol. The van der Waals surface area contributed by atoms with Gasteiger partial charge in [-0.3, -0.25) is 5.32 Å². The minimum atomic E-state index is -0.998. The molecule has 0 heterocycles. The fraction of sp³-hybridized carbons (Fsp3) is 0.360. The number of aliphatic hydroxyl groups is 1. The molecule has 0 aromatic heterocycles. The molecule has 2 rings (SSSR count). The van der Waals surface area contributed by atoms with Crippen molar-refractivity contribution in [3.8, 4) is 5.75 Å². The topological polar surface area (TPSA) is 105 Å². The van der Waals surface area contributed by atoms with Gasteiger partial charge in [0, 0.05) is 17.2 Å². The molecule has 0 saturated heterocycles. The van der Waals surface area contributed by atoms with Crippen molar-refractivity contribution in [2.75, 3.05) is 18.5 Å². The lowest BCUT2D eigenvalue weighted by molar-refractivity contribution is -0.131. The summed E-state index contributed by atoms with van der Waals surface area (Å²) < 4.78 is 11.4. The smallest absolute Gasteiger partial charge is 0.412 e. The van der Waals surface area contributed by atoms with Crippen LogP contribution in [-0.2, 0) is 9.53 Å². The summed E-state index contributed by atoms with van der Waals surface area (Å²) in [6.45, 7) is 5.95. The van der Waals surface area contributed by atoms with Gasteiger partial charge in [0.25, 0.3) is 0 Å². The van der Waals surface area contributed by atoms with Crippen molar-refractivity contribution in [1.82, 2.24) is 0 Å². The minimum Gasteiger partial charge on any atom is -0.491 e. The number of hydrogen-bond donors (Lipinski definition) is 3. The summed E-state index contributed by atoms with van der Waals surface area (Å²) in [6.07, 6.45) is 2.59. The first-order valence-corrected chi connectivity index (χ1v) is 10.5. The number of amides is 1. The van der Waals surface area contributed by atoms with Crippen molar-refractivity contribution in [3.63, 3.8) is 0 Å². The average Bonchev–Trinajstić information content (AvgIpc) is 2.75. The molecule has 32 heavy (non-hydrogen) atoms. The molecule has 0 radical (unpaired) electrons. The normalized spacial score (nSPS) is 12.4. The van der Waals surface area contributed by atoms with Gasteiger partial charge in [-0.25, -0.2) is 9.59 Å². The number of carboxylic acids is 1. The van der Waals surface area contributed by atoms with E-state index < -0.39 is 23.6 Å². The molecule has 2 aromatic carbocycles. The molecule has 0 fully saturated rings. The largest absolute Gasteiger partial charge is 0.491 e. The fourth-order valence-corrected chi connectivity index (χ4v) is 3.27. The molecule has 1 atom stereocenters. The standard InChI is InChI=1S/C25H31NO6/c1-18-10-12-20(13-11-18)26-24(30)32-23(25(2,3)14-5-4-9-22(28)29)19-7-6-8-21(17-19)31-16-15-27/h4,6-13,17,23,27H,5,14-16H2,1-3H3,(H,26,30)(H,28,29)/b9-4+/t23-/m1/s1. The quantitative estimate of drug-likeness (QED) is 0.419. The molecule has 7 nitrogen and oxygen atoms in total. The Kier molecular flexibility index (Phi) is 9.28. The van der Waals surface area contributed by atoms with Gasteiger partial charge in [0.1, 0.15) is 18.5 Å². The van der Waals surface area contributed by atoms with Gasteiger partial charge < -0.3 is 19.7 Å². The lowest BCUT2D eigenvalue weighted by Crippen LogP contribution is -2.29. The van der Waals surface area contributed by atoms with Crippen LogP contribution >= 0.6 is 0 Å². The first-order valence-electron chi connectivity index (χ1n) is 10.5. The maximum Gasteiger partial charge on any atom is 0.412 e. The molecule has 7 heteroatoms. The van der Waals surface area contributed by atoms with Crippen molar-refractivity contribution < 1.29 is 29.3 Å². The number of rotatable bonds is 11. The number of allylic oxidation sites excluding steroid dienone is 1. The molecule has 0 aliphatic heterocycles. The van der Waals surface area contributed by atoms with E-state index in [9.17, 15) is 9.59 Å². The zero-order valence-corrected chi connectivity index (χ0v) is 18.7. The van der Waals surface area contributed by atoms with Gasteiger partial charge in [0.05, 0.1) is 6.61 Å². The fourth-order valence-electron chi connectivity index (χ4n) is 3.27. The molecule has 0 spiro atoms. The number of aliphatic hydroxyl groups excluding tert-OH is 1. The van der Waals surface area contributed by atoms with Crippen LogP contribution in [0, 0.1) is 12.3 Å². The second-order valence-electron chi connectivity index (χ2n) is 8.19. The first kappa shape index (κ1) is 24.9. The van der Waals surface area contributed by atoms with E-state index in [2.05, 4.69) is 5.32 Å². The Balaban J connectivity index is 2.23. The summed E-state index contributed by atoms with van der Waals surface area (Å²) in [7, 11) is 0. The molecule has 0 bridgehead atoms. The molecule has 2 aromatic rings. The Hall–Kier alpha value is -3.32. The highest BCUT2D eigenvalue weighted by Gasteiger charge is 2.34. The van der Waals surface area contributed by atoms with Crippen molar-refractivity contribution in [2.24, 2.45) is 5.41 Å². The summed E-state index contributed by atoms with van der Waals surface area (Å²) in [5, 5.41) is 20.6. The van der Waals surface area contributed by atoms with Gasteiger partial charge in [0.2, 0.25) is 0 Å². The Labute approximate surface area is 188 Å². The molecule has 1 amide bonds. The van der Waals surface area contributed by atoms with Crippen LogP contribution in [0.25, 0.3) is 0 Å². The van der Waals surface area contributed by atoms with Gasteiger partial charge in [0.15, 0.2) is 0 Å². The molecular formula is C25H31NO6. The number of anilines is 1. The molecule has 0 unspecified atom stereocenters. The summed E-state index contributed by atoms with van der Waals surface area (Å²) >= 11 is 0. The molecular weight excluding hydrogens is 410 g/mol. The average molecular weight is 442 g/mol. The van der Waals surface area contributed by atoms with Gasteiger partial charge in [-0.1, -0.05) is 49.8 Å². The Morgan fingerprint density at radius 1 is 1.16 bits per heavy atom. The third-order valence-electron chi connectivity index (χ3n) is 4.97. The monoisotopic (exact) mass is 441 g/mol. The maximum atomic E-state index is 12.7. The molecule has 0 saturated carbocycles. The van der Waals surface area contributed by atoms with E-state index in [0.29, 0.717) is 24.3 Å². The number of hydrogen-bond acceptors (Lipinski definition) is 5. The summed E-state index contributed by atoms with van der Waals surface area (Å²) in [4.78, 5) is 23.5. The number of nitrogens with one attached hydrogen (secondary N) is 1. The molecule has 0 aliphatic rings. The van der Waals surface area contributed by atoms with Crippen LogP contribution in [0.15, 0.2) is 60.7 Å². The van der Waals surface area contributed by atoms with E-state index in [1.165, 1.54) is 0 Å². The van der Waals surface area contributed by atoms with Gasteiger partial charge in [-0.2, -0.15) is 0 Å². The van der Waals surface area contributed by atoms with E-state index in [1.54, 1.807) is 36.4 Å². The highest BCUT2D eigenvalue weighted by atomic mass is 16.6. The van der Waals surface area contributed by atoms with Crippen molar-refractivity contribution in [1.29, 1.82) is 0 Å². The second kappa shape index (κ2) is 11.9. The Morgan fingerprint density at radius 3 is 2.53 bits per heavy atom. The van der Waals surface area contributed by atoms with Crippen molar-refractivity contribution in [3.05, 3.63) is 71.8 Å². The van der Waals surface area contributed by atoms with E-state index in [-0.39, 0.29) is 13.2 Å². The maximum absolute atomic E-state index is 12.7. The van der Waals surface area contributed by atoms with Crippen LogP contribution in [0.5, 0.6) is 5.75 Å². The number of ether oxygens (including phenoxy) is 2. The van der Waals surface area contributed by atoms with Gasteiger partial charge in [-0.05, 0) is 49.6 Å². The number of carbonyl (C=O) groups is 2. The summed E-state index contributed by atoms with van der Waals surface area (Å²) in [5.74, 6) is -0.438. The minimum absolute atomic E-state index is 0.107. The lowest BCUT2D eigenvalue weighted by Gasteiger charge is -2.34. The van der Waals surface area contributed by atoms with Crippen molar-refractivity contribution >= 4 is 17.7 Å². The predicted octanol–water partition coefficient (Wildman–Crippen LogP) is 5.10. The highest BCUT2D eigenvalue weighted by Crippen LogP contribution is 2.41. The SMILES string of the molecule is Cc1ccc(NC(=O)O[C@H](c2cccc(OCCO)c2)C(C)(C)CC/C=C/C(=O)O)cc1. The van der Waals surface area contributed by atoms with E-state index in [0.717, 1.165) is 17.2 Å². The summed E-state index contributed by atoms with van der Waals surface area (Å²) in [6, 6.07) is 14.6. The van der Waals surface area contributed by atoms with Crippen LogP contribution in [0.4, 0.5) is 10.5 Å². The third kappa shape index (κ3) is 8.07. The number of aliphatic carboxylic acids is 1. The third-order valence-corrected chi connectivity index (χ3v) is 4.97. The second-order valence-corrected chi connectivity index (χ2v) is 8.19. The number of carboxylic acid groups (broad SMARTS) is 1. The zero-order chi connectivity index (χ0) is 23.6. The number of benzene rings is 2. The molecule has 172 valence electrons. The molecule has 0 aliphatic carbocycles. The van der Waals surface area contributed by atoms with Crippen molar-refractivity contribution in [2.45, 2.75) is 39.7 Å². The lowest BCUT2D eigenvalue weighted by atomic mass is 9.78. The first-order chi connectivity index (χ1) is 15.2. The highest BCUT2D eigenvalue weighted by molar-refractivity contribution is 5.84. The Bertz CT molecular complexity index is 920. The van der Waals surface area contributed by atoms with Crippen LogP contribution in [-0.4, -0.2) is 35.5 Å². The van der Waals surface area contributed by atoms with Crippen LogP contribution in [0.3, 0.4) is 0 Å². The van der Waals surface area contributed by atoms with E-state index >= 15 is 0 Å². The number of carbonyl (C=O) groups excluding carboxylic acids is 1. The number of aryl methyl sites for hydroxylation is 1. The van der Waals surface area contributed by atoms with E-state index in [1.807, 2.05) is 39.0 Å². The van der Waals surface area contributed by atoms with Gasteiger partial charge in [-0.15, -0.1) is 0 Å². The van der Waals surface area contributed by atoms with Gasteiger partial charge >= 0.3 is 12.1 Å².